The Bertz CT molecular complexity index is 359. The molecule has 0 N–H and O–H groups in total. The second kappa shape index (κ2) is 5.03. The molecular weight excluding hydrogens is 192 g/mol. The van der Waals surface area contributed by atoms with Crippen molar-refractivity contribution < 1.29 is 0 Å². The van der Waals surface area contributed by atoms with Gasteiger partial charge in [0.25, 0.3) is 0 Å². The van der Waals surface area contributed by atoms with E-state index in [4.69, 9.17) is 0 Å². The van der Waals surface area contributed by atoms with E-state index in [2.05, 4.69) is 53.7 Å². The van der Waals surface area contributed by atoms with Gasteiger partial charge in [-0.05, 0) is 54.4 Å². The topological polar surface area (TPSA) is 0 Å². The molecular formula is C16H26. The van der Waals surface area contributed by atoms with E-state index in [1.165, 1.54) is 29.5 Å². The summed E-state index contributed by atoms with van der Waals surface area (Å²) in [4.78, 5) is 0. The highest BCUT2D eigenvalue weighted by molar-refractivity contribution is 5.41. The van der Waals surface area contributed by atoms with Crippen LogP contribution >= 0.6 is 0 Å². The Morgan fingerprint density at radius 2 is 1.69 bits per heavy atom. The molecule has 0 aromatic heterocycles. The van der Waals surface area contributed by atoms with Gasteiger partial charge >= 0.3 is 0 Å². The van der Waals surface area contributed by atoms with Crippen molar-refractivity contribution in [2.24, 2.45) is 0 Å². The second-order valence-electron chi connectivity index (χ2n) is 5.57. The zero-order valence-corrected chi connectivity index (χ0v) is 11.8. The predicted octanol–water partition coefficient (Wildman–Crippen LogP) is 4.94. The van der Waals surface area contributed by atoms with Crippen molar-refractivity contribution in [1.29, 1.82) is 0 Å². The van der Waals surface area contributed by atoms with E-state index in [1.54, 1.807) is 5.56 Å². The zero-order chi connectivity index (χ0) is 12.3. The van der Waals surface area contributed by atoms with Crippen molar-refractivity contribution in [3.63, 3.8) is 0 Å². The van der Waals surface area contributed by atoms with Gasteiger partial charge in [-0.15, -0.1) is 0 Å². The van der Waals surface area contributed by atoms with Gasteiger partial charge in [-0.2, -0.15) is 0 Å². The van der Waals surface area contributed by atoms with E-state index in [9.17, 15) is 0 Å². The molecule has 16 heavy (non-hydrogen) atoms. The molecule has 0 nitrogen and oxygen atoms in total. The lowest BCUT2D eigenvalue weighted by Crippen LogP contribution is -2.19. The first-order valence-electron chi connectivity index (χ1n) is 6.53. The summed E-state index contributed by atoms with van der Waals surface area (Å²) < 4.78 is 0. The highest BCUT2D eigenvalue weighted by Gasteiger charge is 2.22. The minimum absolute atomic E-state index is 0.314. The summed E-state index contributed by atoms with van der Waals surface area (Å²) in [5.41, 5.74) is 6.26. The molecule has 0 unspecified atom stereocenters. The summed E-state index contributed by atoms with van der Waals surface area (Å²) >= 11 is 0. The Labute approximate surface area is 101 Å². The molecule has 0 bridgehead atoms. The molecule has 0 spiro atoms. The Balaban J connectivity index is 3.26. The first-order chi connectivity index (χ1) is 7.42. The third-order valence-corrected chi connectivity index (χ3v) is 3.74. The fourth-order valence-electron chi connectivity index (χ4n) is 2.60. The van der Waals surface area contributed by atoms with Gasteiger partial charge in [0.15, 0.2) is 0 Å². The number of hydrogen-bond donors (Lipinski definition) is 0. The summed E-state index contributed by atoms with van der Waals surface area (Å²) in [5, 5.41) is 0. The molecule has 0 heterocycles. The van der Waals surface area contributed by atoms with Crippen molar-refractivity contribution in [3.05, 3.63) is 34.4 Å². The van der Waals surface area contributed by atoms with E-state index in [-0.39, 0.29) is 0 Å². The molecule has 1 aromatic rings. The average molecular weight is 218 g/mol. The van der Waals surface area contributed by atoms with Gasteiger partial charge in [0.05, 0.1) is 0 Å². The summed E-state index contributed by atoms with van der Waals surface area (Å²) in [7, 11) is 0. The zero-order valence-electron chi connectivity index (χ0n) is 11.8. The number of aryl methyl sites for hydroxylation is 2. The fraction of sp³-hybridized carbons (Fsp3) is 0.625. The van der Waals surface area contributed by atoms with Crippen molar-refractivity contribution in [3.8, 4) is 0 Å². The maximum absolute atomic E-state index is 2.41. The van der Waals surface area contributed by atoms with Crippen LogP contribution in [0.4, 0.5) is 0 Å². The third-order valence-electron chi connectivity index (χ3n) is 3.74. The molecule has 0 radical (unpaired) electrons. The maximum Gasteiger partial charge on any atom is -0.0101 e. The molecule has 0 aliphatic heterocycles. The lowest BCUT2D eigenvalue weighted by molar-refractivity contribution is 0.470. The van der Waals surface area contributed by atoms with Crippen molar-refractivity contribution in [2.75, 3.05) is 0 Å². The number of benzene rings is 1. The first kappa shape index (κ1) is 13.3. The largest absolute Gasteiger partial charge is 0.0654 e. The van der Waals surface area contributed by atoms with Crippen molar-refractivity contribution >= 4 is 0 Å². The maximum atomic E-state index is 2.41. The summed E-state index contributed by atoms with van der Waals surface area (Å²) in [5.74, 6) is 0. The van der Waals surface area contributed by atoms with Crippen LogP contribution in [0.15, 0.2) is 12.1 Å². The molecule has 0 atom stereocenters. The predicted molar refractivity (Wildman–Crippen MR) is 73.2 cm³/mol. The minimum Gasteiger partial charge on any atom is -0.0654 e. The molecule has 0 amide bonds. The van der Waals surface area contributed by atoms with Crippen LogP contribution in [0.2, 0.25) is 0 Å². The van der Waals surface area contributed by atoms with Gasteiger partial charge in [-0.3, -0.25) is 0 Å². The Morgan fingerprint density at radius 1 is 1.06 bits per heavy atom. The van der Waals surface area contributed by atoms with E-state index in [0.717, 1.165) is 6.42 Å². The summed E-state index contributed by atoms with van der Waals surface area (Å²) in [6.45, 7) is 13.8. The molecule has 0 heteroatoms. The van der Waals surface area contributed by atoms with Gasteiger partial charge < -0.3 is 0 Å². The molecule has 0 saturated heterocycles. The van der Waals surface area contributed by atoms with Gasteiger partial charge in [0.1, 0.15) is 0 Å². The summed E-state index contributed by atoms with van der Waals surface area (Å²) in [6, 6.07) is 4.75. The molecule has 0 fully saturated rings. The van der Waals surface area contributed by atoms with Crippen molar-refractivity contribution in [2.45, 2.75) is 66.2 Å². The Morgan fingerprint density at radius 3 is 2.19 bits per heavy atom. The van der Waals surface area contributed by atoms with Gasteiger partial charge in [-0.25, -0.2) is 0 Å². The van der Waals surface area contributed by atoms with Crippen LogP contribution in [0.1, 0.15) is 62.8 Å². The van der Waals surface area contributed by atoms with E-state index < -0.39 is 0 Å². The van der Waals surface area contributed by atoms with Crippen LogP contribution in [0.25, 0.3) is 0 Å². The average Bonchev–Trinajstić information content (AvgIpc) is 2.21. The smallest absolute Gasteiger partial charge is 0.0101 e. The summed E-state index contributed by atoms with van der Waals surface area (Å²) in [6.07, 6.45) is 3.65. The lowest BCUT2D eigenvalue weighted by atomic mass is 9.77. The van der Waals surface area contributed by atoms with Crippen LogP contribution < -0.4 is 0 Å². The number of hydrogen-bond acceptors (Lipinski definition) is 0. The van der Waals surface area contributed by atoms with Crippen molar-refractivity contribution in [1.82, 2.24) is 0 Å². The molecule has 0 saturated carbocycles. The lowest BCUT2D eigenvalue weighted by Gasteiger charge is -2.28. The fourth-order valence-corrected chi connectivity index (χ4v) is 2.60. The highest BCUT2D eigenvalue weighted by Crippen LogP contribution is 2.33. The van der Waals surface area contributed by atoms with Gasteiger partial charge in [0, 0.05) is 0 Å². The van der Waals surface area contributed by atoms with Crippen LogP contribution in [0.5, 0.6) is 0 Å². The standard InChI is InChI=1S/C16H26/c1-7-9-16(5,6)15-11-14(8-2)10-12(3)13(15)4/h10-11H,7-9H2,1-6H3. The Kier molecular flexibility index (Phi) is 4.18. The monoisotopic (exact) mass is 218 g/mol. The molecule has 1 aromatic carbocycles. The van der Waals surface area contributed by atoms with Gasteiger partial charge in [0.2, 0.25) is 0 Å². The number of rotatable bonds is 4. The molecule has 0 aliphatic carbocycles. The highest BCUT2D eigenvalue weighted by atomic mass is 14.3. The first-order valence-corrected chi connectivity index (χ1v) is 6.53. The van der Waals surface area contributed by atoms with Crippen LogP contribution in [-0.4, -0.2) is 0 Å². The molecule has 90 valence electrons. The Hall–Kier alpha value is -0.780. The van der Waals surface area contributed by atoms with E-state index in [0.29, 0.717) is 5.41 Å². The minimum atomic E-state index is 0.314. The van der Waals surface area contributed by atoms with Crippen LogP contribution in [0.3, 0.4) is 0 Å². The second-order valence-corrected chi connectivity index (χ2v) is 5.57. The quantitative estimate of drug-likeness (QED) is 0.671. The third kappa shape index (κ3) is 2.66. The van der Waals surface area contributed by atoms with Crippen LogP contribution in [0, 0.1) is 13.8 Å². The normalized spacial score (nSPS) is 11.9. The SMILES string of the molecule is CCCC(C)(C)c1cc(CC)cc(C)c1C. The molecule has 1 rings (SSSR count). The van der Waals surface area contributed by atoms with E-state index in [1.807, 2.05) is 0 Å². The van der Waals surface area contributed by atoms with Crippen LogP contribution in [-0.2, 0) is 11.8 Å². The van der Waals surface area contributed by atoms with Gasteiger partial charge in [-0.1, -0.05) is 46.2 Å². The molecule has 0 aliphatic rings. The van der Waals surface area contributed by atoms with E-state index >= 15 is 0 Å².